The maximum absolute atomic E-state index is 12.3. The third kappa shape index (κ3) is 5.91. The molecule has 1 aromatic carbocycles. The van der Waals surface area contributed by atoms with Crippen LogP contribution in [-0.2, 0) is 19.8 Å². The van der Waals surface area contributed by atoms with Crippen LogP contribution in [-0.4, -0.2) is 41.8 Å². The van der Waals surface area contributed by atoms with E-state index in [0.717, 1.165) is 10.5 Å². The maximum atomic E-state index is 12.3. The molecule has 0 saturated heterocycles. The lowest BCUT2D eigenvalue weighted by Gasteiger charge is -2.24. The number of ether oxygens (including phenoxy) is 1. The van der Waals surface area contributed by atoms with Crippen LogP contribution in [0, 0.1) is 0 Å². The first-order valence-corrected chi connectivity index (χ1v) is 7.63. The van der Waals surface area contributed by atoms with Crippen molar-refractivity contribution in [2.45, 2.75) is 39.2 Å². The number of hydrogen-bond donors (Lipinski definition) is 2. The van der Waals surface area contributed by atoms with Gasteiger partial charge < -0.3 is 21.1 Å². The summed E-state index contributed by atoms with van der Waals surface area (Å²) in [5, 5.41) is 0. The lowest BCUT2D eigenvalue weighted by molar-refractivity contribution is -0.143. The van der Waals surface area contributed by atoms with Gasteiger partial charge in [0, 0.05) is 0 Å². The van der Waals surface area contributed by atoms with Crippen LogP contribution < -0.4 is 16.2 Å². The van der Waals surface area contributed by atoms with Gasteiger partial charge in [-0.2, -0.15) is 0 Å². The van der Waals surface area contributed by atoms with Crippen molar-refractivity contribution in [3.63, 3.8) is 0 Å². The largest absolute Gasteiger partial charge is 0.481 e. The van der Waals surface area contributed by atoms with Gasteiger partial charge in [0.25, 0.3) is 5.91 Å². The SMILES string of the molecule is C[C@H](Oc1ccc(C(C)(C)C)cc1)C(=O)N(CC(N)=O)CC(N)=O. The summed E-state index contributed by atoms with van der Waals surface area (Å²) in [6, 6.07) is 7.40. The molecular formula is C17H25N3O4. The van der Waals surface area contributed by atoms with E-state index in [9.17, 15) is 14.4 Å². The first kappa shape index (κ1) is 19.5. The van der Waals surface area contributed by atoms with E-state index in [2.05, 4.69) is 20.8 Å². The van der Waals surface area contributed by atoms with Crippen molar-refractivity contribution < 1.29 is 19.1 Å². The van der Waals surface area contributed by atoms with E-state index in [1.165, 1.54) is 6.92 Å². The van der Waals surface area contributed by atoms with Gasteiger partial charge in [-0.25, -0.2) is 0 Å². The molecule has 0 spiro atoms. The van der Waals surface area contributed by atoms with Gasteiger partial charge in [-0.1, -0.05) is 32.9 Å². The molecule has 1 atom stereocenters. The van der Waals surface area contributed by atoms with Gasteiger partial charge in [-0.3, -0.25) is 14.4 Å². The number of primary amides is 2. The van der Waals surface area contributed by atoms with Crippen LogP contribution in [0.5, 0.6) is 5.75 Å². The minimum absolute atomic E-state index is 0.0136. The van der Waals surface area contributed by atoms with E-state index >= 15 is 0 Å². The number of rotatable bonds is 7. The molecule has 0 aromatic heterocycles. The fourth-order valence-corrected chi connectivity index (χ4v) is 2.13. The quantitative estimate of drug-likeness (QED) is 0.757. The zero-order valence-electron chi connectivity index (χ0n) is 14.5. The van der Waals surface area contributed by atoms with Gasteiger partial charge in [0.2, 0.25) is 11.8 Å². The highest BCUT2D eigenvalue weighted by molar-refractivity contribution is 5.90. The summed E-state index contributed by atoms with van der Waals surface area (Å²) in [5.41, 5.74) is 11.3. The van der Waals surface area contributed by atoms with E-state index in [1.54, 1.807) is 12.1 Å². The lowest BCUT2D eigenvalue weighted by atomic mass is 9.87. The summed E-state index contributed by atoms with van der Waals surface area (Å²) in [7, 11) is 0. The smallest absolute Gasteiger partial charge is 0.264 e. The van der Waals surface area contributed by atoms with E-state index in [0.29, 0.717) is 5.75 Å². The second-order valence-corrected chi connectivity index (χ2v) is 6.66. The van der Waals surface area contributed by atoms with E-state index in [4.69, 9.17) is 16.2 Å². The van der Waals surface area contributed by atoms with Crippen molar-refractivity contribution >= 4 is 17.7 Å². The van der Waals surface area contributed by atoms with Crippen molar-refractivity contribution in [2.75, 3.05) is 13.1 Å². The summed E-state index contributed by atoms with van der Waals surface area (Å²) in [6.45, 7) is 7.05. The summed E-state index contributed by atoms with van der Waals surface area (Å²) >= 11 is 0. The standard InChI is InChI=1S/C17H25N3O4/c1-11(16(23)20(9-14(18)21)10-15(19)22)24-13-7-5-12(6-8-13)17(2,3)4/h5-8,11H,9-10H2,1-4H3,(H2,18,21)(H2,19,22)/t11-/m0/s1. The van der Waals surface area contributed by atoms with Crippen molar-refractivity contribution in [1.82, 2.24) is 4.90 Å². The molecule has 24 heavy (non-hydrogen) atoms. The van der Waals surface area contributed by atoms with Gasteiger partial charge in [-0.15, -0.1) is 0 Å². The number of benzene rings is 1. The molecule has 1 aromatic rings. The highest BCUT2D eigenvalue weighted by Crippen LogP contribution is 2.24. The van der Waals surface area contributed by atoms with Crippen LogP contribution in [0.3, 0.4) is 0 Å². The van der Waals surface area contributed by atoms with Crippen molar-refractivity contribution in [2.24, 2.45) is 11.5 Å². The second kappa shape index (κ2) is 7.81. The highest BCUT2D eigenvalue weighted by Gasteiger charge is 2.25. The third-order valence-electron chi connectivity index (χ3n) is 3.39. The normalized spacial score (nSPS) is 12.3. The molecule has 0 saturated carbocycles. The zero-order chi connectivity index (χ0) is 18.5. The molecule has 0 aliphatic rings. The summed E-state index contributed by atoms with van der Waals surface area (Å²) in [6.07, 6.45) is -0.885. The monoisotopic (exact) mass is 335 g/mol. The molecule has 3 amide bonds. The number of nitrogens with zero attached hydrogens (tertiary/aromatic N) is 1. The van der Waals surface area contributed by atoms with Crippen LogP contribution in [0.2, 0.25) is 0 Å². The number of amides is 3. The Balaban J connectivity index is 2.80. The van der Waals surface area contributed by atoms with E-state index < -0.39 is 36.9 Å². The van der Waals surface area contributed by atoms with Gasteiger partial charge in [0.1, 0.15) is 5.75 Å². The fourth-order valence-electron chi connectivity index (χ4n) is 2.13. The Labute approximate surface area is 141 Å². The molecule has 4 N–H and O–H groups in total. The summed E-state index contributed by atoms with van der Waals surface area (Å²) < 4.78 is 5.59. The predicted molar refractivity (Wildman–Crippen MR) is 90.2 cm³/mol. The number of nitrogens with two attached hydrogens (primary N) is 2. The summed E-state index contributed by atoms with van der Waals surface area (Å²) in [4.78, 5) is 35.4. The minimum atomic E-state index is -0.885. The Hall–Kier alpha value is -2.57. The first-order chi connectivity index (χ1) is 11.0. The molecule has 132 valence electrons. The Kier molecular flexibility index (Phi) is 6.34. The van der Waals surface area contributed by atoms with Gasteiger partial charge in [0.05, 0.1) is 13.1 Å². The van der Waals surface area contributed by atoms with Crippen LogP contribution in [0.15, 0.2) is 24.3 Å². The average Bonchev–Trinajstić information content (AvgIpc) is 2.44. The molecular weight excluding hydrogens is 310 g/mol. The van der Waals surface area contributed by atoms with E-state index in [-0.39, 0.29) is 5.41 Å². The Morgan fingerprint density at radius 1 is 1.04 bits per heavy atom. The number of carbonyl (C=O) groups excluding carboxylic acids is 3. The topological polar surface area (TPSA) is 116 Å². The number of carbonyl (C=O) groups is 3. The molecule has 0 bridgehead atoms. The highest BCUT2D eigenvalue weighted by atomic mass is 16.5. The molecule has 7 heteroatoms. The molecule has 0 fully saturated rings. The van der Waals surface area contributed by atoms with Crippen molar-refractivity contribution in [3.05, 3.63) is 29.8 Å². The van der Waals surface area contributed by atoms with Crippen LogP contribution >= 0.6 is 0 Å². The molecule has 0 unspecified atom stereocenters. The zero-order valence-corrected chi connectivity index (χ0v) is 14.5. The molecule has 1 rings (SSSR count). The Morgan fingerprint density at radius 3 is 1.88 bits per heavy atom. The molecule has 0 radical (unpaired) electrons. The third-order valence-corrected chi connectivity index (χ3v) is 3.39. The van der Waals surface area contributed by atoms with Crippen LogP contribution in [0.1, 0.15) is 33.3 Å². The van der Waals surface area contributed by atoms with Gasteiger partial charge in [-0.05, 0) is 30.0 Å². The molecule has 0 heterocycles. The van der Waals surface area contributed by atoms with Crippen LogP contribution in [0.25, 0.3) is 0 Å². The van der Waals surface area contributed by atoms with Crippen molar-refractivity contribution in [1.29, 1.82) is 0 Å². The van der Waals surface area contributed by atoms with Crippen LogP contribution in [0.4, 0.5) is 0 Å². The summed E-state index contributed by atoms with van der Waals surface area (Å²) in [5.74, 6) is -1.48. The second-order valence-electron chi connectivity index (χ2n) is 6.66. The minimum Gasteiger partial charge on any atom is -0.481 e. The number of hydrogen-bond acceptors (Lipinski definition) is 4. The van der Waals surface area contributed by atoms with E-state index in [1.807, 2.05) is 12.1 Å². The Morgan fingerprint density at radius 2 is 1.50 bits per heavy atom. The lowest BCUT2D eigenvalue weighted by Crippen LogP contribution is -2.48. The first-order valence-electron chi connectivity index (χ1n) is 7.63. The Bertz CT molecular complexity index is 589. The molecule has 0 aliphatic carbocycles. The average molecular weight is 335 g/mol. The van der Waals surface area contributed by atoms with Gasteiger partial charge in [0.15, 0.2) is 6.10 Å². The molecule has 0 aliphatic heterocycles. The molecule has 7 nitrogen and oxygen atoms in total. The fraction of sp³-hybridized carbons (Fsp3) is 0.471. The predicted octanol–water partition coefficient (Wildman–Crippen LogP) is 0.551. The maximum Gasteiger partial charge on any atom is 0.264 e. The van der Waals surface area contributed by atoms with Crippen molar-refractivity contribution in [3.8, 4) is 5.75 Å². The van der Waals surface area contributed by atoms with Gasteiger partial charge >= 0.3 is 0 Å².